The molecule has 0 aliphatic carbocycles. The molecule has 0 amide bonds. The number of rotatable bonds is 2. The monoisotopic (exact) mass is 231 g/mol. The van der Waals surface area contributed by atoms with E-state index in [1.165, 1.54) is 0 Å². The van der Waals surface area contributed by atoms with Gasteiger partial charge in [0.1, 0.15) is 11.8 Å². The first-order valence-electron chi connectivity index (χ1n) is 6.33. The first-order chi connectivity index (χ1) is 8.22. The Kier molecular flexibility index (Phi) is 5.01. The fraction of sp³-hybridized carbons (Fsp3) is 0.500. The second-order valence-electron chi connectivity index (χ2n) is 3.93. The first-order valence-corrected chi connectivity index (χ1v) is 6.33. The molecule has 2 rings (SSSR count). The van der Waals surface area contributed by atoms with Crippen molar-refractivity contribution in [1.29, 1.82) is 0 Å². The summed E-state index contributed by atoms with van der Waals surface area (Å²) in [6, 6.07) is 4.07. The molecule has 0 atom stereocenters. The Labute approximate surface area is 103 Å². The van der Waals surface area contributed by atoms with E-state index in [0.717, 1.165) is 28.8 Å². The molecule has 92 valence electrons. The molecule has 2 aromatic rings. The first kappa shape index (κ1) is 13.6. The smallest absolute Gasteiger partial charge is 0.116 e. The molecule has 0 spiro atoms. The van der Waals surface area contributed by atoms with Gasteiger partial charge in [0.25, 0.3) is 0 Å². The third kappa shape index (κ3) is 2.99. The van der Waals surface area contributed by atoms with Crippen LogP contribution in [0.3, 0.4) is 0 Å². The fourth-order valence-corrected chi connectivity index (χ4v) is 1.59. The zero-order valence-corrected chi connectivity index (χ0v) is 11.4. The van der Waals surface area contributed by atoms with Crippen molar-refractivity contribution in [3.05, 3.63) is 29.8 Å². The van der Waals surface area contributed by atoms with Gasteiger partial charge in [0.15, 0.2) is 0 Å². The van der Waals surface area contributed by atoms with Crippen LogP contribution >= 0.6 is 0 Å². The van der Waals surface area contributed by atoms with Gasteiger partial charge in [0.05, 0.1) is 11.2 Å². The zero-order chi connectivity index (χ0) is 12.8. The number of pyridine rings is 1. The molecule has 0 aliphatic rings. The van der Waals surface area contributed by atoms with Crippen molar-refractivity contribution in [2.24, 2.45) is 0 Å². The van der Waals surface area contributed by atoms with E-state index in [9.17, 15) is 0 Å². The van der Waals surface area contributed by atoms with Gasteiger partial charge in [0.2, 0.25) is 0 Å². The molecule has 3 nitrogen and oxygen atoms in total. The molecule has 0 unspecified atom stereocenters. The van der Waals surface area contributed by atoms with Crippen LogP contribution in [-0.4, -0.2) is 15.0 Å². The number of fused-ring (bicyclic) bond motifs is 1. The summed E-state index contributed by atoms with van der Waals surface area (Å²) in [5, 5.41) is 0. The molecular formula is C14H21N3. The van der Waals surface area contributed by atoms with Gasteiger partial charge in [-0.05, 0) is 24.5 Å². The van der Waals surface area contributed by atoms with E-state index in [2.05, 4.69) is 35.7 Å². The van der Waals surface area contributed by atoms with Crippen molar-refractivity contribution >= 4 is 11.0 Å². The molecule has 0 bridgehead atoms. The highest BCUT2D eigenvalue weighted by Gasteiger charge is 2.06. The summed E-state index contributed by atoms with van der Waals surface area (Å²) in [5.41, 5.74) is 4.02. The van der Waals surface area contributed by atoms with Gasteiger partial charge in [-0.2, -0.15) is 0 Å². The number of hydrogen-bond donors (Lipinski definition) is 0. The maximum Gasteiger partial charge on any atom is 0.116 e. The van der Waals surface area contributed by atoms with Crippen LogP contribution < -0.4 is 0 Å². The molecule has 0 N–H and O–H groups in total. The Balaban J connectivity index is 0.000000686. The Morgan fingerprint density at radius 2 is 1.82 bits per heavy atom. The van der Waals surface area contributed by atoms with Crippen LogP contribution in [0.2, 0.25) is 0 Å². The van der Waals surface area contributed by atoms with Gasteiger partial charge < -0.3 is 0 Å². The van der Waals surface area contributed by atoms with E-state index in [-0.39, 0.29) is 0 Å². The lowest BCUT2D eigenvalue weighted by atomic mass is 10.1. The highest BCUT2D eigenvalue weighted by molar-refractivity contribution is 5.76. The van der Waals surface area contributed by atoms with Crippen molar-refractivity contribution < 1.29 is 0 Å². The Bertz CT molecular complexity index is 478. The van der Waals surface area contributed by atoms with E-state index in [1.54, 1.807) is 6.33 Å². The van der Waals surface area contributed by atoms with Crippen molar-refractivity contribution in [3.63, 3.8) is 0 Å². The third-order valence-electron chi connectivity index (χ3n) is 2.51. The van der Waals surface area contributed by atoms with Gasteiger partial charge in [-0.25, -0.2) is 15.0 Å². The summed E-state index contributed by atoms with van der Waals surface area (Å²) >= 11 is 0. The average Bonchev–Trinajstić information content (AvgIpc) is 2.39. The van der Waals surface area contributed by atoms with Crippen LogP contribution in [0, 0.1) is 0 Å². The lowest BCUT2D eigenvalue weighted by Gasteiger charge is -2.07. The summed E-state index contributed by atoms with van der Waals surface area (Å²) in [5.74, 6) is 0.444. The van der Waals surface area contributed by atoms with E-state index < -0.39 is 0 Å². The molecule has 0 radical (unpaired) electrons. The summed E-state index contributed by atoms with van der Waals surface area (Å²) in [7, 11) is 0. The lowest BCUT2D eigenvalue weighted by molar-refractivity contribution is 0.827. The van der Waals surface area contributed by atoms with Crippen molar-refractivity contribution in [2.75, 3.05) is 0 Å². The maximum absolute atomic E-state index is 4.62. The topological polar surface area (TPSA) is 38.7 Å². The number of hydrogen-bond acceptors (Lipinski definition) is 3. The van der Waals surface area contributed by atoms with Gasteiger partial charge in [-0.1, -0.05) is 34.6 Å². The van der Waals surface area contributed by atoms with Gasteiger partial charge >= 0.3 is 0 Å². The molecule has 3 heteroatoms. The molecule has 0 aromatic carbocycles. The Morgan fingerprint density at radius 1 is 1.12 bits per heavy atom. The minimum absolute atomic E-state index is 0.444. The van der Waals surface area contributed by atoms with Crippen molar-refractivity contribution in [1.82, 2.24) is 15.0 Å². The minimum Gasteiger partial charge on any atom is -0.249 e. The second kappa shape index (κ2) is 6.28. The predicted octanol–water partition coefficient (Wildman–Crippen LogP) is 3.74. The molecule has 17 heavy (non-hydrogen) atoms. The van der Waals surface area contributed by atoms with Gasteiger partial charge in [-0.15, -0.1) is 0 Å². The SMILES string of the molecule is CC.CCc1ncnc2ccc(C(C)C)nc12. The van der Waals surface area contributed by atoms with Gasteiger partial charge in [0, 0.05) is 5.69 Å². The third-order valence-corrected chi connectivity index (χ3v) is 2.51. The number of aryl methyl sites for hydroxylation is 1. The molecule has 2 heterocycles. The molecule has 0 fully saturated rings. The summed E-state index contributed by atoms with van der Waals surface area (Å²) < 4.78 is 0. The Hall–Kier alpha value is -1.51. The van der Waals surface area contributed by atoms with Crippen molar-refractivity contribution in [2.45, 2.75) is 47.0 Å². The van der Waals surface area contributed by atoms with E-state index >= 15 is 0 Å². The maximum atomic E-state index is 4.62. The molecule has 0 aliphatic heterocycles. The van der Waals surface area contributed by atoms with Crippen LogP contribution in [-0.2, 0) is 6.42 Å². The normalized spacial score (nSPS) is 10.2. The van der Waals surface area contributed by atoms with E-state index in [1.807, 2.05) is 26.0 Å². The van der Waals surface area contributed by atoms with E-state index in [4.69, 9.17) is 0 Å². The highest BCUT2D eigenvalue weighted by atomic mass is 14.9. The van der Waals surface area contributed by atoms with Gasteiger partial charge in [-0.3, -0.25) is 0 Å². The lowest BCUT2D eigenvalue weighted by Crippen LogP contribution is -1.98. The average molecular weight is 231 g/mol. The van der Waals surface area contributed by atoms with Crippen LogP contribution in [0.15, 0.2) is 18.5 Å². The zero-order valence-electron chi connectivity index (χ0n) is 11.4. The summed E-state index contributed by atoms with van der Waals surface area (Å²) in [4.78, 5) is 13.1. The molecular weight excluding hydrogens is 210 g/mol. The predicted molar refractivity (Wildman–Crippen MR) is 72.1 cm³/mol. The fourth-order valence-electron chi connectivity index (χ4n) is 1.59. The largest absolute Gasteiger partial charge is 0.249 e. The molecule has 0 saturated heterocycles. The summed E-state index contributed by atoms with van der Waals surface area (Å²) in [6.07, 6.45) is 2.51. The van der Waals surface area contributed by atoms with Crippen LogP contribution in [0.1, 0.15) is 51.9 Å². The molecule has 2 aromatic heterocycles. The van der Waals surface area contributed by atoms with Crippen LogP contribution in [0.25, 0.3) is 11.0 Å². The standard InChI is InChI=1S/C12H15N3.C2H6/c1-4-9-12-11(14-7-13-9)6-5-10(15-12)8(2)3;1-2/h5-8H,4H2,1-3H3;1-2H3. The van der Waals surface area contributed by atoms with E-state index in [0.29, 0.717) is 5.92 Å². The molecule has 0 saturated carbocycles. The number of aromatic nitrogens is 3. The van der Waals surface area contributed by atoms with Crippen LogP contribution in [0.5, 0.6) is 0 Å². The Morgan fingerprint density at radius 3 is 2.41 bits per heavy atom. The quantitative estimate of drug-likeness (QED) is 0.790. The second-order valence-corrected chi connectivity index (χ2v) is 3.93. The van der Waals surface area contributed by atoms with Crippen LogP contribution in [0.4, 0.5) is 0 Å². The highest BCUT2D eigenvalue weighted by Crippen LogP contribution is 2.17. The minimum atomic E-state index is 0.444. The summed E-state index contributed by atoms with van der Waals surface area (Å²) in [6.45, 7) is 10.4. The van der Waals surface area contributed by atoms with Crippen molar-refractivity contribution in [3.8, 4) is 0 Å². The number of nitrogens with zero attached hydrogens (tertiary/aromatic N) is 3.